The van der Waals surface area contributed by atoms with E-state index in [9.17, 15) is 8.42 Å². The van der Waals surface area contributed by atoms with Crippen molar-refractivity contribution in [1.29, 1.82) is 0 Å². The Morgan fingerprint density at radius 1 is 1.07 bits per heavy atom. The molecule has 6 heteroatoms. The van der Waals surface area contributed by atoms with Crippen molar-refractivity contribution in [3.8, 4) is 0 Å². The van der Waals surface area contributed by atoms with Gasteiger partial charge in [0.25, 0.3) is 0 Å². The van der Waals surface area contributed by atoms with Crippen LogP contribution in [0.25, 0.3) is 11.0 Å². The summed E-state index contributed by atoms with van der Waals surface area (Å²) in [7, 11) is -1.92. The molecular formula is C21H25N3O2S. The number of fused-ring (bicyclic) bond motifs is 2. The van der Waals surface area contributed by atoms with E-state index in [0.29, 0.717) is 4.90 Å². The zero-order valence-corrected chi connectivity index (χ0v) is 16.7. The molecule has 1 heterocycles. The number of benzene rings is 2. The van der Waals surface area contributed by atoms with Gasteiger partial charge in [0, 0.05) is 13.6 Å². The molecule has 0 bridgehead atoms. The Balaban J connectivity index is 1.65. The smallest absolute Gasteiger partial charge is 0.243 e. The molecule has 0 spiro atoms. The SMILES string of the molecule is CCn1c(CN(C)S(=O)(=O)c2ccc3c(c2)CCCC3)nc2ccccc21. The lowest BCUT2D eigenvalue weighted by molar-refractivity contribution is 0.448. The first-order valence-corrected chi connectivity index (χ1v) is 11.0. The maximum Gasteiger partial charge on any atom is 0.243 e. The monoisotopic (exact) mass is 383 g/mol. The highest BCUT2D eigenvalue weighted by atomic mass is 32.2. The molecule has 3 aromatic rings. The van der Waals surface area contributed by atoms with Crippen molar-refractivity contribution < 1.29 is 8.42 Å². The van der Waals surface area contributed by atoms with Gasteiger partial charge < -0.3 is 4.57 Å². The Labute approximate surface area is 160 Å². The van der Waals surface area contributed by atoms with Crippen molar-refractivity contribution in [1.82, 2.24) is 13.9 Å². The molecule has 0 atom stereocenters. The Morgan fingerprint density at radius 2 is 1.81 bits per heavy atom. The standard InChI is InChI=1S/C21H25N3O2S/c1-3-24-20-11-7-6-10-19(20)22-21(24)15-23(2)27(25,26)18-13-12-16-8-4-5-9-17(16)14-18/h6-7,10-14H,3-5,8-9,15H2,1-2H3. The third kappa shape index (κ3) is 3.28. The van der Waals surface area contributed by atoms with E-state index in [1.807, 2.05) is 36.4 Å². The number of imidazole rings is 1. The zero-order chi connectivity index (χ0) is 19.0. The number of aromatic nitrogens is 2. The molecule has 0 saturated carbocycles. The molecule has 27 heavy (non-hydrogen) atoms. The van der Waals surface area contributed by atoms with E-state index in [0.717, 1.165) is 42.7 Å². The number of aryl methyl sites for hydroxylation is 3. The largest absolute Gasteiger partial charge is 0.327 e. The van der Waals surface area contributed by atoms with Crippen LogP contribution in [0.15, 0.2) is 47.4 Å². The lowest BCUT2D eigenvalue weighted by atomic mass is 9.92. The molecule has 1 aromatic heterocycles. The molecule has 2 aromatic carbocycles. The van der Waals surface area contributed by atoms with Crippen molar-refractivity contribution >= 4 is 21.1 Å². The summed E-state index contributed by atoms with van der Waals surface area (Å²) < 4.78 is 29.7. The van der Waals surface area contributed by atoms with Gasteiger partial charge in [0.2, 0.25) is 10.0 Å². The van der Waals surface area contributed by atoms with E-state index in [4.69, 9.17) is 0 Å². The highest BCUT2D eigenvalue weighted by molar-refractivity contribution is 7.89. The van der Waals surface area contributed by atoms with Crippen LogP contribution >= 0.6 is 0 Å². The average Bonchev–Trinajstić information content (AvgIpc) is 3.04. The number of nitrogens with zero attached hydrogens (tertiary/aromatic N) is 3. The van der Waals surface area contributed by atoms with Crippen LogP contribution in [-0.4, -0.2) is 29.3 Å². The highest BCUT2D eigenvalue weighted by Crippen LogP contribution is 2.26. The minimum absolute atomic E-state index is 0.252. The fourth-order valence-corrected chi connectivity index (χ4v) is 5.11. The molecule has 1 aliphatic carbocycles. The number of hydrogen-bond acceptors (Lipinski definition) is 3. The predicted molar refractivity (Wildman–Crippen MR) is 107 cm³/mol. The quantitative estimate of drug-likeness (QED) is 0.674. The number of para-hydroxylation sites is 2. The minimum atomic E-state index is -3.55. The number of hydrogen-bond donors (Lipinski definition) is 0. The summed E-state index contributed by atoms with van der Waals surface area (Å²) in [5, 5.41) is 0. The van der Waals surface area contributed by atoms with Crippen molar-refractivity contribution in [3.05, 3.63) is 59.4 Å². The Bertz CT molecular complexity index is 1090. The first kappa shape index (κ1) is 18.2. The third-order valence-electron chi connectivity index (χ3n) is 5.44. The topological polar surface area (TPSA) is 55.2 Å². The Kier molecular flexibility index (Phi) is 4.78. The molecule has 0 saturated heterocycles. The van der Waals surface area contributed by atoms with Crippen molar-refractivity contribution in [2.75, 3.05) is 7.05 Å². The van der Waals surface area contributed by atoms with Gasteiger partial charge in [-0.15, -0.1) is 0 Å². The molecule has 0 N–H and O–H groups in total. The van der Waals surface area contributed by atoms with Crippen molar-refractivity contribution in [2.45, 2.75) is 50.6 Å². The second-order valence-corrected chi connectivity index (χ2v) is 9.20. The molecule has 0 aliphatic heterocycles. The maximum atomic E-state index is 13.1. The van der Waals surface area contributed by atoms with Gasteiger partial charge in [-0.3, -0.25) is 0 Å². The number of rotatable bonds is 5. The van der Waals surface area contributed by atoms with Crippen LogP contribution in [-0.2, 0) is 36.0 Å². The van der Waals surface area contributed by atoms with E-state index in [-0.39, 0.29) is 6.54 Å². The Hall–Kier alpha value is -2.18. The lowest BCUT2D eigenvalue weighted by Crippen LogP contribution is -2.28. The van der Waals surface area contributed by atoms with Crippen LogP contribution in [0.2, 0.25) is 0 Å². The average molecular weight is 384 g/mol. The van der Waals surface area contributed by atoms with E-state index in [2.05, 4.69) is 16.5 Å². The molecule has 0 unspecified atom stereocenters. The maximum absolute atomic E-state index is 13.1. The second kappa shape index (κ2) is 7.09. The van der Waals surface area contributed by atoms with E-state index >= 15 is 0 Å². The summed E-state index contributed by atoms with van der Waals surface area (Å²) in [5.74, 6) is 0.766. The number of sulfonamides is 1. The highest BCUT2D eigenvalue weighted by Gasteiger charge is 2.24. The summed E-state index contributed by atoms with van der Waals surface area (Å²) in [6.07, 6.45) is 4.33. The van der Waals surface area contributed by atoms with E-state index in [1.54, 1.807) is 13.1 Å². The van der Waals surface area contributed by atoms with Crippen LogP contribution in [0, 0.1) is 0 Å². The summed E-state index contributed by atoms with van der Waals surface area (Å²) in [4.78, 5) is 5.04. The van der Waals surface area contributed by atoms with Crippen LogP contribution < -0.4 is 0 Å². The van der Waals surface area contributed by atoms with Crippen LogP contribution in [0.1, 0.15) is 36.7 Å². The molecular weight excluding hydrogens is 358 g/mol. The van der Waals surface area contributed by atoms with Gasteiger partial charge in [0.05, 0.1) is 22.5 Å². The summed E-state index contributed by atoms with van der Waals surface area (Å²) in [6.45, 7) is 3.06. The molecule has 0 fully saturated rings. The fourth-order valence-electron chi connectivity index (χ4n) is 3.93. The van der Waals surface area contributed by atoms with Crippen molar-refractivity contribution in [3.63, 3.8) is 0 Å². The normalized spacial score (nSPS) is 14.6. The van der Waals surface area contributed by atoms with Gasteiger partial charge >= 0.3 is 0 Å². The zero-order valence-electron chi connectivity index (χ0n) is 15.9. The second-order valence-electron chi connectivity index (χ2n) is 7.16. The van der Waals surface area contributed by atoms with Crippen molar-refractivity contribution in [2.24, 2.45) is 0 Å². The third-order valence-corrected chi connectivity index (χ3v) is 7.24. The Morgan fingerprint density at radius 3 is 2.59 bits per heavy atom. The summed E-state index contributed by atoms with van der Waals surface area (Å²) in [5.41, 5.74) is 4.40. The molecule has 1 aliphatic rings. The lowest BCUT2D eigenvalue weighted by Gasteiger charge is -2.20. The van der Waals surface area contributed by atoms with Gasteiger partial charge in [-0.05, 0) is 68.0 Å². The molecule has 4 rings (SSSR count). The minimum Gasteiger partial charge on any atom is -0.327 e. The first-order chi connectivity index (χ1) is 13.0. The molecule has 142 valence electrons. The van der Waals surface area contributed by atoms with Crippen LogP contribution in [0.4, 0.5) is 0 Å². The first-order valence-electron chi connectivity index (χ1n) is 9.53. The van der Waals surface area contributed by atoms with Gasteiger partial charge in [-0.1, -0.05) is 18.2 Å². The molecule has 0 radical (unpaired) electrons. The molecule has 0 amide bonds. The van der Waals surface area contributed by atoms with Gasteiger partial charge in [0.1, 0.15) is 5.82 Å². The molecule has 5 nitrogen and oxygen atoms in total. The fraction of sp³-hybridized carbons (Fsp3) is 0.381. The van der Waals surface area contributed by atoms with E-state index < -0.39 is 10.0 Å². The van der Waals surface area contributed by atoms with Gasteiger partial charge in [0.15, 0.2) is 0 Å². The predicted octanol–water partition coefficient (Wildman–Crippen LogP) is 3.76. The van der Waals surface area contributed by atoms with E-state index in [1.165, 1.54) is 21.9 Å². The van der Waals surface area contributed by atoms with Crippen LogP contribution in [0.3, 0.4) is 0 Å². The summed E-state index contributed by atoms with van der Waals surface area (Å²) >= 11 is 0. The van der Waals surface area contributed by atoms with Crippen LogP contribution in [0.5, 0.6) is 0 Å². The van der Waals surface area contributed by atoms with Gasteiger partial charge in [-0.25, -0.2) is 13.4 Å². The summed E-state index contributed by atoms with van der Waals surface area (Å²) in [6, 6.07) is 13.5. The van der Waals surface area contributed by atoms with Gasteiger partial charge in [-0.2, -0.15) is 4.31 Å².